The predicted molar refractivity (Wildman–Crippen MR) is 109 cm³/mol. The van der Waals surface area contributed by atoms with Crippen LogP contribution in [0.25, 0.3) is 10.8 Å². The Morgan fingerprint density at radius 1 is 1.18 bits per heavy atom. The van der Waals surface area contributed by atoms with Crippen LogP contribution in [0.2, 0.25) is 0 Å². The van der Waals surface area contributed by atoms with Gasteiger partial charge < -0.3 is 25.3 Å². The van der Waals surface area contributed by atoms with E-state index in [0.717, 1.165) is 4.31 Å². The molecule has 1 aromatic heterocycles. The molecule has 0 aliphatic rings. The summed E-state index contributed by atoms with van der Waals surface area (Å²) in [4.78, 5) is 27.9. The third-order valence-corrected chi connectivity index (χ3v) is 4.10. The van der Waals surface area contributed by atoms with Crippen LogP contribution in [0.4, 0.5) is 15.3 Å². The van der Waals surface area contributed by atoms with Crippen LogP contribution in [0, 0.1) is 0 Å². The maximum atomic E-state index is 12.0. The Bertz CT molecular complexity index is 898. The number of ether oxygens (including phenoxy) is 3. The molecule has 0 aliphatic carbocycles. The number of amides is 3. The molecule has 0 bridgehead atoms. The number of hydrogen-bond acceptors (Lipinski definition) is 7. The van der Waals surface area contributed by atoms with Crippen molar-refractivity contribution in [3.05, 3.63) is 24.0 Å². The van der Waals surface area contributed by atoms with Crippen LogP contribution < -0.4 is 24.8 Å². The van der Waals surface area contributed by atoms with Crippen molar-refractivity contribution in [3.8, 4) is 11.5 Å². The number of carbonyl (C=O) groups excluding carboxylic acids is 2. The van der Waals surface area contributed by atoms with Crippen molar-refractivity contribution in [3.63, 3.8) is 0 Å². The number of nitrogens with one attached hydrogen (secondary N) is 1. The van der Waals surface area contributed by atoms with E-state index in [4.69, 9.17) is 19.9 Å². The molecule has 9 nitrogen and oxygen atoms in total. The van der Waals surface area contributed by atoms with Crippen LogP contribution in [0.1, 0.15) is 26.5 Å². The average Bonchev–Trinajstić information content (AvgIpc) is 2.62. The van der Waals surface area contributed by atoms with E-state index in [9.17, 15) is 9.59 Å². The van der Waals surface area contributed by atoms with Crippen LogP contribution in [-0.2, 0) is 11.3 Å². The number of fused-ring (bicyclic) bond motifs is 1. The summed E-state index contributed by atoms with van der Waals surface area (Å²) in [5.41, 5.74) is 5.62. The summed E-state index contributed by atoms with van der Waals surface area (Å²) in [6.07, 6.45) is 0.873. The van der Waals surface area contributed by atoms with Crippen molar-refractivity contribution in [2.75, 3.05) is 18.5 Å². The normalized spacial score (nSPS) is 11.1. The molecule has 0 radical (unpaired) electrons. The summed E-state index contributed by atoms with van der Waals surface area (Å²) in [6, 6.07) is 2.63. The second-order valence-corrected chi connectivity index (χ2v) is 7.25. The third-order valence-electron chi connectivity index (χ3n) is 3.69. The van der Waals surface area contributed by atoms with Crippen LogP contribution >= 0.6 is 12.8 Å². The van der Waals surface area contributed by atoms with Crippen LogP contribution in [0.5, 0.6) is 11.5 Å². The van der Waals surface area contributed by atoms with Gasteiger partial charge in [0.25, 0.3) is 0 Å². The molecule has 0 unspecified atom stereocenters. The van der Waals surface area contributed by atoms with Gasteiger partial charge >= 0.3 is 12.1 Å². The first-order valence-electron chi connectivity index (χ1n) is 8.36. The van der Waals surface area contributed by atoms with Gasteiger partial charge in [-0.15, -0.1) is 0 Å². The molecule has 0 atom stereocenters. The first-order chi connectivity index (χ1) is 13.1. The SMILES string of the molecule is COc1cc2c(N(S)C(N)=O)cnc(CNC(=O)OC(C)(C)C)c2cc1OC. The molecule has 2 aromatic rings. The Kier molecular flexibility index (Phi) is 6.45. The number of carbonyl (C=O) groups is 2. The summed E-state index contributed by atoms with van der Waals surface area (Å²) in [5.74, 6) is 0.928. The number of alkyl carbamates (subject to hydrolysis) is 1. The van der Waals surface area contributed by atoms with Gasteiger partial charge in [0.1, 0.15) is 5.60 Å². The van der Waals surface area contributed by atoms with Crippen molar-refractivity contribution >= 4 is 41.4 Å². The molecule has 0 saturated heterocycles. The molecule has 1 heterocycles. The number of pyridine rings is 1. The lowest BCUT2D eigenvalue weighted by molar-refractivity contribution is 0.0523. The summed E-state index contributed by atoms with van der Waals surface area (Å²) in [5, 5.41) is 3.90. The van der Waals surface area contributed by atoms with Gasteiger partial charge in [-0.2, -0.15) is 0 Å². The summed E-state index contributed by atoms with van der Waals surface area (Å²) in [6.45, 7) is 5.43. The number of nitrogens with two attached hydrogens (primary N) is 1. The van der Waals surface area contributed by atoms with Gasteiger partial charge in [-0.3, -0.25) is 4.98 Å². The quantitative estimate of drug-likeness (QED) is 0.655. The highest BCUT2D eigenvalue weighted by atomic mass is 32.1. The second kappa shape index (κ2) is 8.42. The van der Waals surface area contributed by atoms with E-state index >= 15 is 0 Å². The summed E-state index contributed by atoms with van der Waals surface area (Å²) in [7, 11) is 3.01. The van der Waals surface area contributed by atoms with Crippen molar-refractivity contribution in [2.45, 2.75) is 32.9 Å². The first kappa shape index (κ1) is 21.4. The van der Waals surface area contributed by atoms with Gasteiger partial charge in [0.05, 0.1) is 38.3 Å². The van der Waals surface area contributed by atoms with E-state index < -0.39 is 17.7 Å². The van der Waals surface area contributed by atoms with Gasteiger partial charge in [0, 0.05) is 10.8 Å². The van der Waals surface area contributed by atoms with Gasteiger partial charge in [-0.05, 0) is 32.9 Å². The molecule has 2 rings (SSSR count). The van der Waals surface area contributed by atoms with E-state index in [0.29, 0.717) is 33.7 Å². The Hall–Kier alpha value is -2.88. The monoisotopic (exact) mass is 408 g/mol. The standard InChI is InChI=1S/C18H24N4O5S/c1-18(2,3)27-17(24)21-8-12-10-6-14(25-4)15(26-5)7-11(10)13(9-20-12)22(28)16(19)23/h6-7,9,28H,8H2,1-5H3,(H2,19,23)(H,21,24). The largest absolute Gasteiger partial charge is 0.493 e. The minimum Gasteiger partial charge on any atom is -0.493 e. The number of aromatic nitrogens is 1. The number of benzene rings is 1. The highest BCUT2D eigenvalue weighted by molar-refractivity contribution is 7.82. The van der Waals surface area contributed by atoms with Gasteiger partial charge in [0.15, 0.2) is 11.5 Å². The number of primary amides is 1. The lowest BCUT2D eigenvalue weighted by Crippen LogP contribution is -2.32. The minimum absolute atomic E-state index is 0.102. The van der Waals surface area contributed by atoms with E-state index in [1.54, 1.807) is 32.9 Å². The van der Waals surface area contributed by atoms with Crippen molar-refractivity contribution in [1.29, 1.82) is 0 Å². The van der Waals surface area contributed by atoms with Crippen molar-refractivity contribution in [1.82, 2.24) is 10.3 Å². The fourth-order valence-electron chi connectivity index (χ4n) is 2.51. The van der Waals surface area contributed by atoms with E-state index in [-0.39, 0.29) is 6.54 Å². The number of rotatable bonds is 5. The molecule has 0 spiro atoms. The number of methoxy groups -OCH3 is 2. The molecule has 0 saturated carbocycles. The fourth-order valence-corrected chi connectivity index (χ4v) is 2.67. The fraction of sp³-hybridized carbons (Fsp3) is 0.389. The number of urea groups is 1. The Morgan fingerprint density at radius 2 is 1.75 bits per heavy atom. The lowest BCUT2D eigenvalue weighted by Gasteiger charge is -2.21. The molecule has 0 aliphatic heterocycles. The molecule has 0 fully saturated rings. The molecule has 3 N–H and O–H groups in total. The van der Waals surface area contributed by atoms with Crippen molar-refractivity contribution in [2.24, 2.45) is 5.73 Å². The van der Waals surface area contributed by atoms with E-state index in [1.807, 2.05) is 0 Å². The average molecular weight is 408 g/mol. The molecule has 3 amide bonds. The molecular weight excluding hydrogens is 384 g/mol. The maximum Gasteiger partial charge on any atom is 0.407 e. The maximum absolute atomic E-state index is 12.0. The topological polar surface area (TPSA) is 116 Å². The van der Waals surface area contributed by atoms with Crippen LogP contribution in [-0.4, -0.2) is 36.9 Å². The Morgan fingerprint density at radius 3 is 2.25 bits per heavy atom. The number of nitrogens with zero attached hydrogens (tertiary/aromatic N) is 2. The number of anilines is 1. The molecule has 28 heavy (non-hydrogen) atoms. The highest BCUT2D eigenvalue weighted by Gasteiger charge is 2.20. The van der Waals surface area contributed by atoms with Gasteiger partial charge in [0.2, 0.25) is 0 Å². The minimum atomic E-state index is -0.763. The van der Waals surface area contributed by atoms with Crippen LogP contribution in [0.3, 0.4) is 0 Å². The molecule has 152 valence electrons. The Labute approximate surface area is 168 Å². The van der Waals surface area contributed by atoms with E-state index in [1.165, 1.54) is 20.4 Å². The summed E-state index contributed by atoms with van der Waals surface area (Å²) >= 11 is 4.13. The predicted octanol–water partition coefficient (Wildman–Crippen LogP) is 3.01. The van der Waals surface area contributed by atoms with E-state index in [2.05, 4.69) is 23.1 Å². The Balaban J connectivity index is 2.51. The number of hydrogen-bond donors (Lipinski definition) is 3. The molecule has 1 aromatic carbocycles. The lowest BCUT2D eigenvalue weighted by atomic mass is 10.1. The number of thiol groups is 1. The van der Waals surface area contributed by atoms with Crippen molar-refractivity contribution < 1.29 is 23.8 Å². The van der Waals surface area contributed by atoms with Gasteiger partial charge in [-0.25, -0.2) is 13.9 Å². The second-order valence-electron chi connectivity index (χ2n) is 6.85. The highest BCUT2D eigenvalue weighted by Crippen LogP contribution is 2.38. The van der Waals surface area contributed by atoms with Gasteiger partial charge in [-0.1, -0.05) is 12.8 Å². The molecular formula is C18H24N4O5S. The molecule has 10 heteroatoms. The first-order valence-corrected chi connectivity index (χ1v) is 8.76. The zero-order valence-corrected chi connectivity index (χ0v) is 17.3. The third kappa shape index (κ3) is 4.89. The summed E-state index contributed by atoms with van der Waals surface area (Å²) < 4.78 is 16.9. The zero-order chi connectivity index (χ0) is 21.1. The zero-order valence-electron chi connectivity index (χ0n) is 16.4. The van der Waals surface area contributed by atoms with Crippen LogP contribution in [0.15, 0.2) is 18.3 Å². The smallest absolute Gasteiger partial charge is 0.407 e.